The van der Waals surface area contributed by atoms with Crippen molar-refractivity contribution < 1.29 is 19.4 Å². The molecule has 1 unspecified atom stereocenters. The molecule has 2 aromatic rings. The lowest BCUT2D eigenvalue weighted by Crippen LogP contribution is -2.32. The van der Waals surface area contributed by atoms with Crippen LogP contribution in [0.15, 0.2) is 54.1 Å². The molecule has 0 bridgehead atoms. The molecule has 0 aliphatic carbocycles. The minimum Gasteiger partial charge on any atom is -0.507 e. The van der Waals surface area contributed by atoms with Crippen molar-refractivity contribution >= 4 is 29.1 Å². The maximum absolute atomic E-state index is 12.7. The molecule has 6 heteroatoms. The summed E-state index contributed by atoms with van der Waals surface area (Å²) in [4.78, 5) is 26.8. The maximum atomic E-state index is 12.7. The summed E-state index contributed by atoms with van der Waals surface area (Å²) in [6.45, 7) is 2.43. The molecule has 27 heavy (non-hydrogen) atoms. The monoisotopic (exact) mass is 385 g/mol. The van der Waals surface area contributed by atoms with Crippen molar-refractivity contribution in [2.75, 3.05) is 20.3 Å². The molecule has 1 heterocycles. The van der Waals surface area contributed by atoms with E-state index in [9.17, 15) is 14.7 Å². The molecule has 0 saturated carbocycles. The standard InChI is InChI=1S/C21H20ClNO4/c1-13-6-8-14(9-7-13)19(24)17-18(15-4-3-5-16(22)12-15)23(10-11-27-2)21(26)20(17)25/h3-9,12,18,24H,10-11H2,1-2H3/b19-17+. The predicted molar refractivity (Wildman–Crippen MR) is 104 cm³/mol. The first-order valence-electron chi connectivity index (χ1n) is 8.54. The number of hydrogen-bond donors (Lipinski definition) is 1. The van der Waals surface area contributed by atoms with Crippen LogP contribution in [0.4, 0.5) is 0 Å². The Morgan fingerprint density at radius 2 is 1.89 bits per heavy atom. The molecule has 1 aliphatic heterocycles. The number of aliphatic hydroxyl groups is 1. The number of hydrogen-bond acceptors (Lipinski definition) is 4. The second-order valence-corrected chi connectivity index (χ2v) is 6.84. The van der Waals surface area contributed by atoms with Gasteiger partial charge in [0, 0.05) is 24.2 Å². The molecule has 1 N–H and O–H groups in total. The van der Waals surface area contributed by atoms with E-state index in [1.807, 2.05) is 19.1 Å². The number of methoxy groups -OCH3 is 1. The van der Waals surface area contributed by atoms with Crippen molar-refractivity contribution in [3.05, 3.63) is 75.8 Å². The topological polar surface area (TPSA) is 66.8 Å². The molecule has 2 aromatic carbocycles. The molecular formula is C21H20ClNO4. The number of carbonyl (C=O) groups excluding carboxylic acids is 2. The number of benzene rings is 2. The van der Waals surface area contributed by atoms with Gasteiger partial charge in [-0.2, -0.15) is 0 Å². The molecular weight excluding hydrogens is 366 g/mol. The van der Waals surface area contributed by atoms with Crippen molar-refractivity contribution in [2.24, 2.45) is 0 Å². The number of likely N-dealkylation sites (tertiary alicyclic amines) is 1. The molecule has 0 spiro atoms. The van der Waals surface area contributed by atoms with Gasteiger partial charge in [0.1, 0.15) is 5.76 Å². The molecule has 0 aromatic heterocycles. The Morgan fingerprint density at radius 3 is 2.52 bits per heavy atom. The Hall–Kier alpha value is -2.63. The van der Waals surface area contributed by atoms with Gasteiger partial charge in [0.2, 0.25) is 0 Å². The molecule has 1 aliphatic rings. The lowest BCUT2D eigenvalue weighted by Gasteiger charge is -2.25. The van der Waals surface area contributed by atoms with Crippen LogP contribution < -0.4 is 0 Å². The summed E-state index contributed by atoms with van der Waals surface area (Å²) < 4.78 is 5.08. The highest BCUT2D eigenvalue weighted by atomic mass is 35.5. The minimum absolute atomic E-state index is 0.0576. The molecule has 3 rings (SSSR count). The number of Topliss-reactive ketones (excluding diaryl/α,β-unsaturated/α-hetero) is 1. The smallest absolute Gasteiger partial charge is 0.295 e. The van der Waals surface area contributed by atoms with Crippen LogP contribution in [0.1, 0.15) is 22.7 Å². The lowest BCUT2D eigenvalue weighted by atomic mass is 9.95. The average Bonchev–Trinajstić information content (AvgIpc) is 2.91. The van der Waals surface area contributed by atoms with Gasteiger partial charge in [0.05, 0.1) is 18.2 Å². The lowest BCUT2D eigenvalue weighted by molar-refractivity contribution is -0.140. The molecule has 1 fully saturated rings. The van der Waals surface area contributed by atoms with Crippen LogP contribution in [0, 0.1) is 6.92 Å². The van der Waals surface area contributed by atoms with Crippen molar-refractivity contribution in [3.63, 3.8) is 0 Å². The minimum atomic E-state index is -0.722. The van der Waals surface area contributed by atoms with Crippen LogP contribution in [0.25, 0.3) is 5.76 Å². The van der Waals surface area contributed by atoms with Crippen molar-refractivity contribution in [2.45, 2.75) is 13.0 Å². The van der Waals surface area contributed by atoms with Crippen LogP contribution in [-0.2, 0) is 14.3 Å². The van der Waals surface area contributed by atoms with Gasteiger partial charge < -0.3 is 14.7 Å². The molecule has 5 nitrogen and oxygen atoms in total. The highest BCUT2D eigenvalue weighted by molar-refractivity contribution is 6.46. The third-order valence-corrected chi connectivity index (χ3v) is 4.80. The van der Waals surface area contributed by atoms with Crippen molar-refractivity contribution in [1.82, 2.24) is 4.90 Å². The average molecular weight is 386 g/mol. The van der Waals surface area contributed by atoms with Crippen LogP contribution in [0.3, 0.4) is 0 Å². The number of ketones is 1. The highest BCUT2D eigenvalue weighted by Crippen LogP contribution is 2.39. The number of carbonyl (C=O) groups is 2. The molecule has 140 valence electrons. The predicted octanol–water partition coefficient (Wildman–Crippen LogP) is 3.72. The number of ether oxygens (including phenoxy) is 1. The van der Waals surface area contributed by atoms with E-state index in [1.54, 1.807) is 36.4 Å². The van der Waals surface area contributed by atoms with Crippen molar-refractivity contribution in [3.8, 4) is 0 Å². The fourth-order valence-corrected chi connectivity index (χ4v) is 3.39. The quantitative estimate of drug-likeness (QED) is 0.484. The van der Waals surface area contributed by atoms with Gasteiger partial charge in [-0.25, -0.2) is 0 Å². The van der Waals surface area contributed by atoms with Crippen molar-refractivity contribution in [1.29, 1.82) is 0 Å². The zero-order chi connectivity index (χ0) is 19.6. The Labute approximate surface area is 162 Å². The Bertz CT molecular complexity index is 905. The first kappa shape index (κ1) is 19.1. The second kappa shape index (κ2) is 7.94. The van der Waals surface area contributed by atoms with Crippen LogP contribution >= 0.6 is 11.6 Å². The fraction of sp³-hybridized carbons (Fsp3) is 0.238. The summed E-state index contributed by atoms with van der Waals surface area (Å²) in [5.41, 5.74) is 2.23. The van der Waals surface area contributed by atoms with E-state index in [0.29, 0.717) is 16.1 Å². The van der Waals surface area contributed by atoms with E-state index >= 15 is 0 Å². The van der Waals surface area contributed by atoms with E-state index in [-0.39, 0.29) is 24.5 Å². The number of halogens is 1. The summed E-state index contributed by atoms with van der Waals surface area (Å²) in [6.07, 6.45) is 0. The summed E-state index contributed by atoms with van der Waals surface area (Å²) in [6, 6.07) is 13.3. The zero-order valence-corrected chi connectivity index (χ0v) is 15.9. The molecule has 1 amide bonds. The maximum Gasteiger partial charge on any atom is 0.295 e. The number of amides is 1. The normalized spacial score (nSPS) is 18.9. The Morgan fingerprint density at radius 1 is 1.19 bits per heavy atom. The number of nitrogens with zero attached hydrogens (tertiary/aromatic N) is 1. The summed E-state index contributed by atoms with van der Waals surface area (Å²) in [7, 11) is 1.53. The molecule has 1 atom stereocenters. The zero-order valence-electron chi connectivity index (χ0n) is 15.1. The van der Waals surface area contributed by atoms with Crippen LogP contribution in [-0.4, -0.2) is 42.0 Å². The van der Waals surface area contributed by atoms with Gasteiger partial charge in [-0.3, -0.25) is 9.59 Å². The number of rotatable bonds is 5. The molecule has 1 saturated heterocycles. The third-order valence-electron chi connectivity index (χ3n) is 4.57. The third kappa shape index (κ3) is 3.75. The van der Waals surface area contributed by atoms with E-state index in [2.05, 4.69) is 0 Å². The highest BCUT2D eigenvalue weighted by Gasteiger charge is 2.45. The van der Waals surface area contributed by atoms with Gasteiger partial charge in [0.15, 0.2) is 0 Å². The van der Waals surface area contributed by atoms with E-state index in [0.717, 1.165) is 5.56 Å². The van der Waals surface area contributed by atoms with Crippen LogP contribution in [0.5, 0.6) is 0 Å². The van der Waals surface area contributed by atoms with Gasteiger partial charge in [-0.1, -0.05) is 53.6 Å². The van der Waals surface area contributed by atoms with Crippen LogP contribution in [0.2, 0.25) is 5.02 Å². The van der Waals surface area contributed by atoms with E-state index in [1.165, 1.54) is 12.0 Å². The second-order valence-electron chi connectivity index (χ2n) is 6.41. The summed E-state index contributed by atoms with van der Waals surface area (Å²) in [5.74, 6) is -1.57. The van der Waals surface area contributed by atoms with Gasteiger partial charge in [0.25, 0.3) is 11.7 Å². The van der Waals surface area contributed by atoms with E-state index in [4.69, 9.17) is 16.3 Å². The fourth-order valence-electron chi connectivity index (χ4n) is 3.19. The first-order chi connectivity index (χ1) is 12.9. The Balaban J connectivity index is 2.16. The molecule has 0 radical (unpaired) electrons. The Kier molecular flexibility index (Phi) is 5.63. The number of aryl methyl sites for hydroxylation is 1. The number of aliphatic hydroxyl groups excluding tert-OH is 1. The summed E-state index contributed by atoms with van der Waals surface area (Å²) in [5, 5.41) is 11.3. The SMILES string of the molecule is COCCN1C(=O)C(=O)/C(=C(/O)c2ccc(C)cc2)C1c1cccc(Cl)c1. The summed E-state index contributed by atoms with van der Waals surface area (Å²) >= 11 is 6.12. The van der Waals surface area contributed by atoms with Gasteiger partial charge in [-0.15, -0.1) is 0 Å². The van der Waals surface area contributed by atoms with Gasteiger partial charge >= 0.3 is 0 Å². The van der Waals surface area contributed by atoms with E-state index < -0.39 is 17.7 Å². The van der Waals surface area contributed by atoms with Gasteiger partial charge in [-0.05, 0) is 24.6 Å². The largest absolute Gasteiger partial charge is 0.507 e. The first-order valence-corrected chi connectivity index (χ1v) is 8.91.